The van der Waals surface area contributed by atoms with Crippen molar-refractivity contribution in [2.45, 2.75) is 52.0 Å². The molecule has 0 saturated heterocycles. The highest BCUT2D eigenvalue weighted by molar-refractivity contribution is 7.16. The average molecular weight is 485 g/mol. The van der Waals surface area contributed by atoms with Gasteiger partial charge in [-0.2, -0.15) is 0 Å². The first-order valence-electron chi connectivity index (χ1n) is 12.0. The summed E-state index contributed by atoms with van der Waals surface area (Å²) in [6.07, 6.45) is 8.98. The van der Waals surface area contributed by atoms with Crippen LogP contribution >= 0.6 is 11.3 Å². The molecular formula is C28H28N4O2S. The second-order valence-electron chi connectivity index (χ2n) is 9.06. The number of nitrogens with zero attached hydrogens (tertiary/aromatic N) is 2. The molecule has 35 heavy (non-hydrogen) atoms. The lowest BCUT2D eigenvalue weighted by molar-refractivity contribution is 0.0928. The Morgan fingerprint density at radius 1 is 1.00 bits per heavy atom. The van der Waals surface area contributed by atoms with Crippen molar-refractivity contribution in [2.75, 3.05) is 5.32 Å². The van der Waals surface area contributed by atoms with Gasteiger partial charge in [0.25, 0.3) is 11.8 Å². The van der Waals surface area contributed by atoms with Gasteiger partial charge in [-0.25, -0.2) is 4.98 Å². The predicted molar refractivity (Wildman–Crippen MR) is 141 cm³/mol. The Morgan fingerprint density at radius 2 is 1.80 bits per heavy atom. The third-order valence-corrected chi connectivity index (χ3v) is 7.82. The third-order valence-electron chi connectivity index (χ3n) is 6.70. The van der Waals surface area contributed by atoms with E-state index < -0.39 is 0 Å². The zero-order valence-corrected chi connectivity index (χ0v) is 20.7. The number of pyridine rings is 2. The Kier molecular flexibility index (Phi) is 6.59. The Balaban J connectivity index is 1.49. The van der Waals surface area contributed by atoms with Crippen LogP contribution in [0.1, 0.15) is 63.3 Å². The maximum absolute atomic E-state index is 13.6. The molecule has 3 aromatic heterocycles. The van der Waals surface area contributed by atoms with E-state index in [2.05, 4.69) is 15.6 Å². The molecule has 0 aliphatic heterocycles. The fourth-order valence-corrected chi connectivity index (χ4v) is 5.74. The number of amides is 2. The SMILES string of the molecule is Cc1sc(NC(=O)c2cc(-c3cccnc3)nc3ccccc23)c(C(=O)NC2CCCCC2)c1C. The van der Waals surface area contributed by atoms with E-state index in [-0.39, 0.29) is 17.9 Å². The number of benzene rings is 1. The summed E-state index contributed by atoms with van der Waals surface area (Å²) in [7, 11) is 0. The molecule has 4 aromatic rings. The van der Waals surface area contributed by atoms with E-state index in [1.54, 1.807) is 18.5 Å². The van der Waals surface area contributed by atoms with Crippen molar-refractivity contribution < 1.29 is 9.59 Å². The van der Waals surface area contributed by atoms with Crippen molar-refractivity contribution in [3.8, 4) is 11.3 Å². The van der Waals surface area contributed by atoms with E-state index in [0.29, 0.717) is 21.8 Å². The van der Waals surface area contributed by atoms with Crippen LogP contribution in [0.3, 0.4) is 0 Å². The first-order valence-corrected chi connectivity index (χ1v) is 12.9. The van der Waals surface area contributed by atoms with Gasteiger partial charge in [0.05, 0.1) is 22.3 Å². The fourth-order valence-electron chi connectivity index (χ4n) is 4.69. The lowest BCUT2D eigenvalue weighted by Gasteiger charge is -2.23. The van der Waals surface area contributed by atoms with E-state index in [1.165, 1.54) is 17.8 Å². The molecule has 7 heteroatoms. The van der Waals surface area contributed by atoms with Crippen molar-refractivity contribution in [1.82, 2.24) is 15.3 Å². The molecule has 3 heterocycles. The molecule has 1 aromatic carbocycles. The van der Waals surface area contributed by atoms with Crippen molar-refractivity contribution in [3.63, 3.8) is 0 Å². The first kappa shape index (κ1) is 23.2. The molecule has 0 spiro atoms. The van der Waals surface area contributed by atoms with Crippen molar-refractivity contribution in [2.24, 2.45) is 0 Å². The van der Waals surface area contributed by atoms with Gasteiger partial charge in [0.2, 0.25) is 0 Å². The van der Waals surface area contributed by atoms with Gasteiger partial charge in [0.1, 0.15) is 5.00 Å². The van der Waals surface area contributed by atoms with Crippen LogP contribution in [-0.4, -0.2) is 27.8 Å². The zero-order chi connectivity index (χ0) is 24.4. The monoisotopic (exact) mass is 484 g/mol. The van der Waals surface area contributed by atoms with Crippen LogP contribution in [0.15, 0.2) is 54.9 Å². The van der Waals surface area contributed by atoms with Crippen molar-refractivity contribution in [1.29, 1.82) is 0 Å². The number of para-hydroxylation sites is 1. The standard InChI is InChI=1S/C28H28N4O2S/c1-17-18(2)35-28(25(17)27(34)30-20-10-4-3-5-11-20)32-26(33)22-15-24(19-9-8-14-29-16-19)31-23-13-7-6-12-21(22)23/h6-9,12-16,20H,3-5,10-11H2,1-2H3,(H,30,34)(H,32,33). The summed E-state index contributed by atoms with van der Waals surface area (Å²) >= 11 is 1.44. The Labute approximate surface area is 208 Å². The second-order valence-corrected chi connectivity index (χ2v) is 10.3. The molecule has 178 valence electrons. The number of anilines is 1. The molecule has 2 amide bonds. The molecule has 6 nitrogen and oxygen atoms in total. The van der Waals surface area contributed by atoms with Crippen LogP contribution in [0.4, 0.5) is 5.00 Å². The minimum Gasteiger partial charge on any atom is -0.349 e. The number of hydrogen-bond acceptors (Lipinski definition) is 5. The smallest absolute Gasteiger partial charge is 0.257 e. The number of fused-ring (bicyclic) bond motifs is 1. The van der Waals surface area contributed by atoms with Crippen LogP contribution in [0, 0.1) is 13.8 Å². The van der Waals surface area contributed by atoms with Gasteiger partial charge in [-0.1, -0.05) is 37.5 Å². The Morgan fingerprint density at radius 3 is 2.57 bits per heavy atom. The highest BCUT2D eigenvalue weighted by Crippen LogP contribution is 2.34. The zero-order valence-electron chi connectivity index (χ0n) is 19.9. The van der Waals surface area contributed by atoms with Crippen LogP contribution in [0.5, 0.6) is 0 Å². The highest BCUT2D eigenvalue weighted by atomic mass is 32.1. The van der Waals surface area contributed by atoms with Gasteiger partial charge in [-0.3, -0.25) is 14.6 Å². The number of thiophene rings is 1. The summed E-state index contributed by atoms with van der Waals surface area (Å²) in [4.78, 5) is 36.8. The normalized spacial score (nSPS) is 14.1. The van der Waals surface area contributed by atoms with Gasteiger partial charge in [0.15, 0.2) is 0 Å². The Hall–Kier alpha value is -3.58. The quantitative estimate of drug-likeness (QED) is 0.349. The molecule has 0 bridgehead atoms. The van der Waals surface area contributed by atoms with Crippen LogP contribution in [0.2, 0.25) is 0 Å². The first-order chi connectivity index (χ1) is 17.0. The van der Waals surface area contributed by atoms with E-state index in [9.17, 15) is 9.59 Å². The molecule has 0 unspecified atom stereocenters. The number of aryl methyl sites for hydroxylation is 1. The van der Waals surface area contributed by atoms with Gasteiger partial charge in [-0.15, -0.1) is 11.3 Å². The minimum absolute atomic E-state index is 0.107. The van der Waals surface area contributed by atoms with E-state index >= 15 is 0 Å². The van der Waals surface area contributed by atoms with Gasteiger partial charge in [0, 0.05) is 34.3 Å². The predicted octanol–water partition coefficient (Wildman–Crippen LogP) is 6.29. The summed E-state index contributed by atoms with van der Waals surface area (Å²) in [5, 5.41) is 7.60. The molecule has 1 saturated carbocycles. The summed E-state index contributed by atoms with van der Waals surface area (Å²) in [5.74, 6) is -0.369. The van der Waals surface area contributed by atoms with Gasteiger partial charge >= 0.3 is 0 Å². The summed E-state index contributed by atoms with van der Waals surface area (Å²) in [5.41, 5.74) is 4.23. The summed E-state index contributed by atoms with van der Waals surface area (Å²) < 4.78 is 0. The average Bonchev–Trinajstić information content (AvgIpc) is 3.16. The van der Waals surface area contributed by atoms with E-state index in [4.69, 9.17) is 4.98 Å². The molecule has 0 atom stereocenters. The van der Waals surface area contributed by atoms with E-state index in [0.717, 1.165) is 52.6 Å². The molecule has 0 radical (unpaired) electrons. The van der Waals surface area contributed by atoms with Gasteiger partial charge in [-0.05, 0) is 56.5 Å². The molecule has 1 aliphatic rings. The maximum Gasteiger partial charge on any atom is 0.257 e. The minimum atomic E-state index is -0.262. The van der Waals surface area contributed by atoms with Gasteiger partial charge < -0.3 is 10.6 Å². The lowest BCUT2D eigenvalue weighted by Crippen LogP contribution is -2.36. The number of nitrogens with one attached hydrogen (secondary N) is 2. The van der Waals surface area contributed by atoms with Crippen molar-refractivity contribution in [3.05, 3.63) is 76.4 Å². The fraction of sp³-hybridized carbons (Fsp3) is 0.286. The number of aromatic nitrogens is 2. The number of hydrogen-bond donors (Lipinski definition) is 2. The summed E-state index contributed by atoms with van der Waals surface area (Å²) in [6.45, 7) is 3.93. The summed E-state index contributed by atoms with van der Waals surface area (Å²) in [6, 6.07) is 13.4. The topological polar surface area (TPSA) is 84.0 Å². The lowest BCUT2D eigenvalue weighted by atomic mass is 9.95. The molecule has 1 aliphatic carbocycles. The number of carbonyl (C=O) groups excluding carboxylic acids is 2. The molecular weight excluding hydrogens is 456 g/mol. The molecule has 2 N–H and O–H groups in total. The number of rotatable bonds is 5. The van der Waals surface area contributed by atoms with Crippen LogP contribution in [-0.2, 0) is 0 Å². The van der Waals surface area contributed by atoms with Crippen LogP contribution < -0.4 is 10.6 Å². The second kappa shape index (κ2) is 9.96. The van der Waals surface area contributed by atoms with Crippen LogP contribution in [0.25, 0.3) is 22.2 Å². The highest BCUT2D eigenvalue weighted by Gasteiger charge is 2.25. The van der Waals surface area contributed by atoms with Crippen molar-refractivity contribution >= 4 is 39.1 Å². The molecule has 1 fully saturated rings. The third kappa shape index (κ3) is 4.82. The largest absolute Gasteiger partial charge is 0.349 e. The number of carbonyl (C=O) groups is 2. The maximum atomic E-state index is 13.6. The van der Waals surface area contributed by atoms with E-state index in [1.807, 2.05) is 50.2 Å². The molecule has 5 rings (SSSR count). The Bertz CT molecular complexity index is 1390.